The van der Waals surface area contributed by atoms with Crippen LogP contribution in [0.5, 0.6) is 0 Å². The highest BCUT2D eigenvalue weighted by Gasteiger charge is 2.54. The molecule has 0 aliphatic rings. The Labute approximate surface area is 90.3 Å². The second-order valence-electron chi connectivity index (χ2n) is 1.99. The lowest BCUT2D eigenvalue weighted by atomic mass is 10.3. The first kappa shape index (κ1) is 13.1. The van der Waals surface area contributed by atoms with Gasteiger partial charge in [0.2, 0.25) is 0 Å². The average Bonchev–Trinajstić information content (AvgIpc) is 1.52. The van der Waals surface area contributed by atoms with Gasteiger partial charge in [-0.15, -0.1) is 0 Å². The summed E-state index contributed by atoms with van der Waals surface area (Å²) in [5.41, 5.74) is 0. The molecule has 74 valence electrons. The Balaban J connectivity index is 4.44. The van der Waals surface area contributed by atoms with Crippen molar-refractivity contribution in [3.8, 4) is 0 Å². The van der Waals surface area contributed by atoms with Gasteiger partial charge in [-0.3, -0.25) is 0 Å². The average molecular weight is 385 g/mol. The normalized spacial score (nSPS) is 15.0. The molecule has 0 aliphatic heterocycles. The molecule has 0 rings (SSSR count). The Kier molecular flexibility index (Phi) is 4.02. The molecule has 0 bridgehead atoms. The van der Waals surface area contributed by atoms with Gasteiger partial charge in [0.25, 0.3) is 0 Å². The molecule has 12 heavy (non-hydrogen) atoms. The van der Waals surface area contributed by atoms with E-state index in [1.165, 1.54) is 0 Å². The molecule has 0 aliphatic carbocycles. The van der Waals surface area contributed by atoms with E-state index in [0.29, 0.717) is 0 Å². The third-order valence-corrected chi connectivity index (χ3v) is 4.13. The van der Waals surface area contributed by atoms with Crippen molar-refractivity contribution in [3.63, 3.8) is 0 Å². The number of hydrogen-bond acceptors (Lipinski definition) is 0. The van der Waals surface area contributed by atoms with Crippen molar-refractivity contribution in [1.29, 1.82) is 0 Å². The SMILES string of the molecule is FC(F)(F)CC(Br)(Br)C(F)(F)Br. The van der Waals surface area contributed by atoms with Crippen molar-refractivity contribution in [3.05, 3.63) is 0 Å². The molecule has 0 amide bonds. The van der Waals surface area contributed by atoms with Gasteiger partial charge in [0.15, 0.2) is 3.23 Å². The molecule has 0 fully saturated rings. The number of alkyl halides is 8. The van der Waals surface area contributed by atoms with E-state index in [1.54, 1.807) is 0 Å². The van der Waals surface area contributed by atoms with Crippen LogP contribution in [0.3, 0.4) is 0 Å². The Morgan fingerprint density at radius 2 is 1.17 bits per heavy atom. The topological polar surface area (TPSA) is 0 Å². The van der Waals surface area contributed by atoms with Gasteiger partial charge in [-0.1, -0.05) is 31.9 Å². The summed E-state index contributed by atoms with van der Waals surface area (Å²) in [6.07, 6.45) is -6.34. The molecule has 0 aromatic rings. The maximum Gasteiger partial charge on any atom is 0.391 e. The number of rotatable bonds is 2. The van der Waals surface area contributed by atoms with Gasteiger partial charge in [0.1, 0.15) is 0 Å². The van der Waals surface area contributed by atoms with Crippen LogP contribution in [0, 0.1) is 0 Å². The van der Waals surface area contributed by atoms with E-state index < -0.39 is 20.7 Å². The fourth-order valence-electron chi connectivity index (χ4n) is 0.352. The summed E-state index contributed by atoms with van der Waals surface area (Å²) in [7, 11) is 0. The van der Waals surface area contributed by atoms with Crippen molar-refractivity contribution in [2.45, 2.75) is 20.7 Å². The molecule has 0 aromatic carbocycles. The van der Waals surface area contributed by atoms with Crippen LogP contribution in [0.4, 0.5) is 22.0 Å². The van der Waals surface area contributed by atoms with Crippen LogP contribution in [-0.2, 0) is 0 Å². The molecule has 0 saturated carbocycles. The molecule has 0 N–H and O–H groups in total. The standard InChI is InChI=1S/C4H2Br3F5/c5-2(6,4(7,11)12)1-3(8,9)10/h1H2. The summed E-state index contributed by atoms with van der Waals surface area (Å²) < 4.78 is 57.2. The summed E-state index contributed by atoms with van der Waals surface area (Å²) in [4.78, 5) is -3.67. The zero-order valence-electron chi connectivity index (χ0n) is 5.23. The van der Waals surface area contributed by atoms with Gasteiger partial charge in [0.05, 0.1) is 6.42 Å². The lowest BCUT2D eigenvalue weighted by molar-refractivity contribution is -0.142. The minimum Gasteiger partial charge on any atom is -0.191 e. The fourth-order valence-corrected chi connectivity index (χ4v) is 1.13. The minimum absolute atomic E-state index is 1.68. The molecule has 0 radical (unpaired) electrons. The number of hydrogen-bond donors (Lipinski definition) is 0. The van der Waals surface area contributed by atoms with Crippen molar-refractivity contribution in [1.82, 2.24) is 0 Å². The van der Waals surface area contributed by atoms with E-state index in [0.717, 1.165) is 0 Å². The van der Waals surface area contributed by atoms with Crippen LogP contribution >= 0.6 is 47.8 Å². The lowest BCUT2D eigenvalue weighted by Gasteiger charge is -2.26. The minimum atomic E-state index is -4.66. The third kappa shape index (κ3) is 4.36. The fraction of sp³-hybridized carbons (Fsp3) is 1.00. The molecule has 0 unspecified atom stereocenters. The van der Waals surface area contributed by atoms with Crippen molar-refractivity contribution in [2.24, 2.45) is 0 Å². The van der Waals surface area contributed by atoms with E-state index >= 15 is 0 Å². The van der Waals surface area contributed by atoms with Gasteiger partial charge < -0.3 is 0 Å². The Bertz CT molecular complexity index is 157. The van der Waals surface area contributed by atoms with Crippen LogP contribution in [-0.4, -0.2) is 14.2 Å². The first-order chi connectivity index (χ1) is 4.96. The van der Waals surface area contributed by atoms with Crippen molar-refractivity contribution < 1.29 is 22.0 Å². The van der Waals surface area contributed by atoms with Crippen LogP contribution in [0.15, 0.2) is 0 Å². The van der Waals surface area contributed by atoms with Gasteiger partial charge in [-0.2, -0.15) is 22.0 Å². The van der Waals surface area contributed by atoms with Gasteiger partial charge in [-0.05, 0) is 15.9 Å². The van der Waals surface area contributed by atoms with E-state index in [-0.39, 0.29) is 0 Å². The molecule has 0 spiro atoms. The highest BCUT2D eigenvalue weighted by Crippen LogP contribution is 2.51. The molecule has 8 heteroatoms. The van der Waals surface area contributed by atoms with E-state index in [2.05, 4.69) is 31.9 Å². The van der Waals surface area contributed by atoms with E-state index in [4.69, 9.17) is 0 Å². The molecular formula is C4H2Br3F5. The van der Waals surface area contributed by atoms with Gasteiger partial charge in [0, 0.05) is 0 Å². The molecule has 0 atom stereocenters. The Morgan fingerprint density at radius 1 is 0.833 bits per heavy atom. The Morgan fingerprint density at radius 3 is 1.25 bits per heavy atom. The summed E-state index contributed by atoms with van der Waals surface area (Å²) in [6, 6.07) is 0. The molecule has 0 aromatic heterocycles. The van der Waals surface area contributed by atoms with E-state index in [1.807, 2.05) is 15.9 Å². The molecule has 0 heterocycles. The first-order valence-electron chi connectivity index (χ1n) is 2.47. The predicted molar refractivity (Wildman–Crippen MR) is 45.1 cm³/mol. The second kappa shape index (κ2) is 3.68. The summed E-state index contributed by atoms with van der Waals surface area (Å²) in [6.45, 7) is 0. The summed E-state index contributed by atoms with van der Waals surface area (Å²) >= 11 is 6.30. The lowest BCUT2D eigenvalue weighted by Crippen LogP contribution is -2.36. The highest BCUT2D eigenvalue weighted by molar-refractivity contribution is 9.26. The van der Waals surface area contributed by atoms with Crippen LogP contribution in [0.2, 0.25) is 0 Å². The summed E-state index contributed by atoms with van der Waals surface area (Å²) in [5, 5.41) is 0. The first-order valence-corrected chi connectivity index (χ1v) is 4.85. The molecule has 0 nitrogen and oxygen atoms in total. The third-order valence-electron chi connectivity index (χ3n) is 0.837. The quantitative estimate of drug-likeness (QED) is 0.488. The van der Waals surface area contributed by atoms with Gasteiger partial charge in [-0.25, -0.2) is 0 Å². The van der Waals surface area contributed by atoms with Crippen LogP contribution < -0.4 is 0 Å². The number of halogens is 8. The summed E-state index contributed by atoms with van der Waals surface area (Å²) in [5.74, 6) is 0. The second-order valence-corrected chi connectivity index (χ2v) is 6.76. The predicted octanol–water partition coefficient (Wildman–Crippen LogP) is 4.41. The smallest absolute Gasteiger partial charge is 0.191 e. The van der Waals surface area contributed by atoms with Crippen LogP contribution in [0.1, 0.15) is 6.42 Å². The van der Waals surface area contributed by atoms with Crippen molar-refractivity contribution >= 4 is 47.8 Å². The highest BCUT2D eigenvalue weighted by atomic mass is 79.9. The zero-order chi connectivity index (χ0) is 10.2. The zero-order valence-corrected chi connectivity index (χ0v) is 9.99. The maximum absolute atomic E-state index is 12.4. The largest absolute Gasteiger partial charge is 0.391 e. The Hall–Kier alpha value is 1.09. The maximum atomic E-state index is 12.4. The monoisotopic (exact) mass is 382 g/mol. The van der Waals surface area contributed by atoms with Crippen molar-refractivity contribution in [2.75, 3.05) is 0 Å². The van der Waals surface area contributed by atoms with Gasteiger partial charge >= 0.3 is 11.0 Å². The van der Waals surface area contributed by atoms with Crippen LogP contribution in [0.25, 0.3) is 0 Å². The molecule has 0 saturated heterocycles. The molecular weight excluding hydrogens is 383 g/mol. The van der Waals surface area contributed by atoms with E-state index in [9.17, 15) is 22.0 Å².